The van der Waals surface area contributed by atoms with E-state index < -0.39 is 17.9 Å². The summed E-state index contributed by atoms with van der Waals surface area (Å²) in [6.07, 6.45) is 2.58. The predicted molar refractivity (Wildman–Crippen MR) is 101 cm³/mol. The summed E-state index contributed by atoms with van der Waals surface area (Å²) in [4.78, 5) is 25.6. The zero-order valence-corrected chi connectivity index (χ0v) is 15.5. The maximum absolute atomic E-state index is 12.6. The Hall–Kier alpha value is -2.06. The fraction of sp³-hybridized carbons (Fsp3) is 0.353. The SMILES string of the molecule is CCC[C@H](C(=O)O)N1C(=O)/C(=C\c2ccc(O)c(OCC)c2)SC1=S. The van der Waals surface area contributed by atoms with E-state index in [1.807, 2.05) is 6.92 Å². The van der Waals surface area contributed by atoms with Crippen LogP contribution in [0.1, 0.15) is 32.3 Å². The summed E-state index contributed by atoms with van der Waals surface area (Å²) < 4.78 is 5.56. The molecule has 25 heavy (non-hydrogen) atoms. The molecule has 0 bridgehead atoms. The van der Waals surface area contributed by atoms with Gasteiger partial charge in [0.15, 0.2) is 11.5 Å². The molecule has 6 nitrogen and oxygen atoms in total. The summed E-state index contributed by atoms with van der Waals surface area (Å²) in [5, 5.41) is 19.1. The second kappa shape index (κ2) is 8.35. The first-order valence-electron chi connectivity index (χ1n) is 7.84. The van der Waals surface area contributed by atoms with Gasteiger partial charge in [0.2, 0.25) is 0 Å². The number of carboxylic acids is 1. The number of carbonyl (C=O) groups excluding carboxylic acids is 1. The Bertz CT molecular complexity index is 732. The summed E-state index contributed by atoms with van der Waals surface area (Å²) >= 11 is 6.28. The number of aromatic hydroxyl groups is 1. The molecule has 1 aromatic rings. The van der Waals surface area contributed by atoms with E-state index in [2.05, 4.69) is 0 Å². The van der Waals surface area contributed by atoms with Gasteiger partial charge in [-0.25, -0.2) is 4.79 Å². The molecule has 8 heteroatoms. The van der Waals surface area contributed by atoms with E-state index in [1.165, 1.54) is 11.0 Å². The summed E-state index contributed by atoms with van der Waals surface area (Å²) in [6, 6.07) is 3.79. The number of carboxylic acid groups (broad SMARTS) is 1. The Morgan fingerprint density at radius 2 is 2.16 bits per heavy atom. The van der Waals surface area contributed by atoms with Crippen LogP contribution >= 0.6 is 24.0 Å². The summed E-state index contributed by atoms with van der Waals surface area (Å²) in [6.45, 7) is 4.06. The van der Waals surface area contributed by atoms with Crippen LogP contribution in [0.4, 0.5) is 0 Å². The molecule has 1 amide bonds. The molecule has 1 heterocycles. The van der Waals surface area contributed by atoms with Gasteiger partial charge < -0.3 is 14.9 Å². The standard InChI is InChI=1S/C17H19NO5S2/c1-3-5-11(16(21)22)18-15(20)14(25-17(18)24)9-10-6-7-12(19)13(8-10)23-4-2/h6-9,11,19H,3-5H2,1-2H3,(H,21,22)/b14-9+/t11-/m1/s1. The van der Waals surface area contributed by atoms with Crippen molar-refractivity contribution in [1.82, 2.24) is 4.90 Å². The van der Waals surface area contributed by atoms with Crippen LogP contribution in [0.15, 0.2) is 23.1 Å². The Labute approximate surface area is 155 Å². The van der Waals surface area contributed by atoms with Crippen molar-refractivity contribution in [3.8, 4) is 11.5 Å². The van der Waals surface area contributed by atoms with Crippen molar-refractivity contribution >= 4 is 46.3 Å². The first-order valence-corrected chi connectivity index (χ1v) is 9.07. The number of ether oxygens (including phenoxy) is 1. The van der Waals surface area contributed by atoms with Crippen molar-refractivity contribution in [2.75, 3.05) is 6.61 Å². The summed E-state index contributed by atoms with van der Waals surface area (Å²) in [5.41, 5.74) is 0.657. The van der Waals surface area contributed by atoms with Crippen LogP contribution in [-0.4, -0.2) is 44.0 Å². The monoisotopic (exact) mass is 381 g/mol. The molecule has 1 aliphatic rings. The topological polar surface area (TPSA) is 87.1 Å². The third-order valence-corrected chi connectivity index (χ3v) is 4.89. The quantitative estimate of drug-likeness (QED) is 0.554. The maximum Gasteiger partial charge on any atom is 0.326 e. The highest BCUT2D eigenvalue weighted by Crippen LogP contribution is 2.36. The molecule has 1 atom stereocenters. The van der Waals surface area contributed by atoms with Crippen LogP contribution in [0, 0.1) is 0 Å². The second-order valence-corrected chi connectivity index (χ2v) is 7.03. The van der Waals surface area contributed by atoms with Crippen LogP contribution < -0.4 is 4.74 Å². The predicted octanol–water partition coefficient (Wildman–Crippen LogP) is 3.25. The van der Waals surface area contributed by atoms with Crippen LogP contribution in [0.25, 0.3) is 6.08 Å². The molecule has 2 N–H and O–H groups in total. The Morgan fingerprint density at radius 3 is 2.76 bits per heavy atom. The van der Waals surface area contributed by atoms with Gasteiger partial charge in [-0.1, -0.05) is 43.4 Å². The highest BCUT2D eigenvalue weighted by Gasteiger charge is 2.39. The lowest BCUT2D eigenvalue weighted by atomic mass is 10.1. The van der Waals surface area contributed by atoms with Gasteiger partial charge >= 0.3 is 5.97 Å². The minimum Gasteiger partial charge on any atom is -0.504 e. The average Bonchev–Trinajstić information content (AvgIpc) is 2.82. The van der Waals surface area contributed by atoms with Gasteiger partial charge in [-0.05, 0) is 37.1 Å². The van der Waals surface area contributed by atoms with Crippen LogP contribution in [0.3, 0.4) is 0 Å². The highest BCUT2D eigenvalue weighted by atomic mass is 32.2. The molecule has 2 rings (SSSR count). The molecule has 1 fully saturated rings. The fourth-order valence-electron chi connectivity index (χ4n) is 2.43. The molecule has 1 aromatic carbocycles. The lowest BCUT2D eigenvalue weighted by molar-refractivity contribution is -0.145. The van der Waals surface area contributed by atoms with Gasteiger partial charge in [0.05, 0.1) is 11.5 Å². The van der Waals surface area contributed by atoms with E-state index in [4.69, 9.17) is 17.0 Å². The number of hydrogen-bond donors (Lipinski definition) is 2. The van der Waals surface area contributed by atoms with Gasteiger partial charge in [0, 0.05) is 0 Å². The molecule has 0 aromatic heterocycles. The number of thioether (sulfide) groups is 1. The van der Waals surface area contributed by atoms with Crippen LogP contribution in [0.2, 0.25) is 0 Å². The van der Waals surface area contributed by atoms with Crippen molar-refractivity contribution < 1.29 is 24.5 Å². The van der Waals surface area contributed by atoms with Crippen molar-refractivity contribution in [3.05, 3.63) is 28.7 Å². The van der Waals surface area contributed by atoms with E-state index in [1.54, 1.807) is 25.1 Å². The number of amides is 1. The lowest BCUT2D eigenvalue weighted by Crippen LogP contribution is -2.43. The third-order valence-electron chi connectivity index (χ3n) is 3.56. The molecule has 0 radical (unpaired) electrons. The second-order valence-electron chi connectivity index (χ2n) is 5.35. The molecular weight excluding hydrogens is 362 g/mol. The van der Waals surface area contributed by atoms with Crippen LogP contribution in [0.5, 0.6) is 11.5 Å². The third kappa shape index (κ3) is 4.32. The van der Waals surface area contributed by atoms with E-state index in [0.29, 0.717) is 35.7 Å². The number of carbonyl (C=O) groups is 2. The number of thiocarbonyl (C=S) groups is 1. The first kappa shape index (κ1) is 19.3. The normalized spacial score (nSPS) is 17.2. The molecule has 0 aliphatic carbocycles. The molecule has 0 unspecified atom stereocenters. The Kier molecular flexibility index (Phi) is 6.44. The highest BCUT2D eigenvalue weighted by molar-refractivity contribution is 8.26. The van der Waals surface area contributed by atoms with Crippen molar-refractivity contribution in [1.29, 1.82) is 0 Å². The molecule has 0 saturated carbocycles. The number of aliphatic carboxylic acids is 1. The Morgan fingerprint density at radius 1 is 1.44 bits per heavy atom. The largest absolute Gasteiger partial charge is 0.504 e. The number of phenols is 1. The lowest BCUT2D eigenvalue weighted by Gasteiger charge is -2.22. The van der Waals surface area contributed by atoms with Crippen LogP contribution in [-0.2, 0) is 9.59 Å². The van der Waals surface area contributed by atoms with E-state index in [9.17, 15) is 19.8 Å². The molecular formula is C17H19NO5S2. The van der Waals surface area contributed by atoms with Crippen molar-refractivity contribution in [3.63, 3.8) is 0 Å². The number of benzene rings is 1. The fourth-order valence-corrected chi connectivity index (χ4v) is 3.78. The minimum absolute atomic E-state index is 0.0143. The maximum atomic E-state index is 12.6. The van der Waals surface area contributed by atoms with Gasteiger partial charge in [-0.15, -0.1) is 0 Å². The smallest absolute Gasteiger partial charge is 0.326 e. The van der Waals surface area contributed by atoms with E-state index >= 15 is 0 Å². The number of hydrogen-bond acceptors (Lipinski definition) is 6. The van der Waals surface area contributed by atoms with Crippen molar-refractivity contribution in [2.45, 2.75) is 32.7 Å². The minimum atomic E-state index is -1.07. The van der Waals surface area contributed by atoms with Gasteiger partial charge in [0.25, 0.3) is 5.91 Å². The molecule has 1 aliphatic heterocycles. The first-order chi connectivity index (χ1) is 11.9. The average molecular weight is 381 g/mol. The van der Waals surface area contributed by atoms with E-state index in [-0.39, 0.29) is 10.1 Å². The zero-order chi connectivity index (χ0) is 18.6. The number of phenolic OH excluding ortho intramolecular Hbond substituents is 1. The van der Waals surface area contributed by atoms with Gasteiger partial charge in [-0.2, -0.15) is 0 Å². The number of nitrogens with zero attached hydrogens (tertiary/aromatic N) is 1. The van der Waals surface area contributed by atoms with Gasteiger partial charge in [0.1, 0.15) is 10.4 Å². The zero-order valence-electron chi connectivity index (χ0n) is 13.9. The summed E-state index contributed by atoms with van der Waals surface area (Å²) in [7, 11) is 0. The van der Waals surface area contributed by atoms with E-state index in [0.717, 1.165) is 11.8 Å². The number of rotatable bonds is 7. The molecule has 0 spiro atoms. The Balaban J connectivity index is 2.31. The van der Waals surface area contributed by atoms with Gasteiger partial charge in [-0.3, -0.25) is 9.69 Å². The molecule has 1 saturated heterocycles. The summed E-state index contributed by atoms with van der Waals surface area (Å²) in [5.74, 6) is -1.15. The molecule has 134 valence electrons. The van der Waals surface area contributed by atoms with Crippen molar-refractivity contribution in [2.24, 2.45) is 0 Å².